The first-order valence-corrected chi connectivity index (χ1v) is 9.74. The molecule has 9 nitrogen and oxygen atoms in total. The summed E-state index contributed by atoms with van der Waals surface area (Å²) < 4.78 is 20.2. The number of carbonyl (C=O) groups is 2. The van der Waals surface area contributed by atoms with E-state index < -0.39 is 18.3 Å². The number of hydrogen-bond donors (Lipinski definition) is 3. The van der Waals surface area contributed by atoms with E-state index >= 15 is 0 Å². The van der Waals surface area contributed by atoms with Crippen LogP contribution >= 0.6 is 0 Å². The van der Waals surface area contributed by atoms with Gasteiger partial charge in [0.05, 0.1) is 18.7 Å². The first-order chi connectivity index (χ1) is 13.8. The van der Waals surface area contributed by atoms with Gasteiger partial charge in [0.2, 0.25) is 5.91 Å². The molecule has 0 radical (unpaired) electrons. The molecule has 1 fully saturated rings. The van der Waals surface area contributed by atoms with Crippen LogP contribution < -0.4 is 10.6 Å². The zero-order valence-corrected chi connectivity index (χ0v) is 16.8. The summed E-state index contributed by atoms with van der Waals surface area (Å²) in [5, 5.41) is 16.4. The number of aromatic amines is 1. The van der Waals surface area contributed by atoms with Crippen molar-refractivity contribution in [1.82, 2.24) is 25.3 Å². The van der Waals surface area contributed by atoms with Crippen LogP contribution in [-0.4, -0.2) is 50.3 Å². The Hall–Kier alpha value is -2.91. The van der Waals surface area contributed by atoms with E-state index in [1.807, 2.05) is 0 Å². The van der Waals surface area contributed by atoms with Crippen LogP contribution in [-0.2, 0) is 23.0 Å². The third kappa shape index (κ3) is 5.78. The molecule has 1 aliphatic carbocycles. The fourth-order valence-corrected chi connectivity index (χ4v) is 3.36. The maximum atomic E-state index is 13.2. The van der Waals surface area contributed by atoms with Crippen molar-refractivity contribution in [3.63, 3.8) is 0 Å². The Morgan fingerprint density at radius 2 is 2.21 bits per heavy atom. The van der Waals surface area contributed by atoms with Crippen LogP contribution in [0.15, 0.2) is 18.5 Å². The number of alkyl halides is 1. The van der Waals surface area contributed by atoms with Gasteiger partial charge < -0.3 is 15.4 Å². The Kier molecular flexibility index (Phi) is 6.50. The number of aryl methyl sites for hydroxylation is 1. The van der Waals surface area contributed by atoms with Crippen LogP contribution in [0, 0.1) is 0 Å². The maximum Gasteiger partial charge on any atom is 0.407 e. The highest BCUT2D eigenvalue weighted by Crippen LogP contribution is 2.35. The van der Waals surface area contributed by atoms with Gasteiger partial charge in [-0.2, -0.15) is 10.2 Å². The van der Waals surface area contributed by atoms with Gasteiger partial charge in [-0.15, -0.1) is 0 Å². The van der Waals surface area contributed by atoms with Gasteiger partial charge in [0, 0.05) is 30.9 Å². The first kappa shape index (κ1) is 20.8. The number of amides is 2. The summed E-state index contributed by atoms with van der Waals surface area (Å²) in [6.45, 7) is 2.99. The molecule has 0 aliphatic heterocycles. The molecule has 2 aromatic heterocycles. The summed E-state index contributed by atoms with van der Waals surface area (Å²) in [5.41, 5.74) is 1.71. The second-order valence-electron chi connectivity index (χ2n) is 7.60. The van der Waals surface area contributed by atoms with Crippen molar-refractivity contribution in [1.29, 1.82) is 0 Å². The van der Waals surface area contributed by atoms with Crippen molar-refractivity contribution >= 4 is 17.8 Å². The van der Waals surface area contributed by atoms with Crippen LogP contribution in [0.1, 0.15) is 50.3 Å². The predicted molar refractivity (Wildman–Crippen MR) is 104 cm³/mol. The van der Waals surface area contributed by atoms with Gasteiger partial charge in [-0.1, -0.05) is 0 Å². The molecule has 3 N–H and O–H groups in total. The van der Waals surface area contributed by atoms with Crippen molar-refractivity contribution < 1.29 is 18.7 Å². The smallest absolute Gasteiger partial charge is 0.407 e. The topological polar surface area (TPSA) is 114 Å². The number of aromatic nitrogens is 4. The van der Waals surface area contributed by atoms with Gasteiger partial charge >= 0.3 is 6.09 Å². The molecule has 0 bridgehead atoms. The molecule has 158 valence electrons. The van der Waals surface area contributed by atoms with E-state index in [4.69, 9.17) is 4.74 Å². The van der Waals surface area contributed by atoms with Crippen LogP contribution in [0.2, 0.25) is 0 Å². The molecule has 2 aromatic rings. The third-order valence-electron chi connectivity index (χ3n) is 5.12. The number of nitrogens with zero attached hydrogens (tertiary/aromatic N) is 3. The average Bonchev–Trinajstić information content (AvgIpc) is 3.36. The molecule has 4 atom stereocenters. The van der Waals surface area contributed by atoms with E-state index in [1.54, 1.807) is 37.1 Å². The molecule has 0 saturated heterocycles. The van der Waals surface area contributed by atoms with E-state index in [9.17, 15) is 14.0 Å². The van der Waals surface area contributed by atoms with Crippen LogP contribution in [0.4, 0.5) is 15.0 Å². The Morgan fingerprint density at radius 1 is 1.41 bits per heavy atom. The second-order valence-corrected chi connectivity index (χ2v) is 7.60. The largest absolute Gasteiger partial charge is 0.446 e. The molecule has 2 amide bonds. The summed E-state index contributed by atoms with van der Waals surface area (Å²) >= 11 is 0. The lowest BCUT2D eigenvalue weighted by Gasteiger charge is -2.17. The number of nitrogens with one attached hydrogen (secondary N) is 3. The second kappa shape index (κ2) is 9.06. The average molecular weight is 406 g/mol. The molecule has 1 saturated carbocycles. The summed E-state index contributed by atoms with van der Waals surface area (Å²) in [7, 11) is 1.80. The molecular weight excluding hydrogens is 379 g/mol. The highest BCUT2D eigenvalue weighted by Gasteiger charge is 2.30. The molecule has 0 spiro atoms. The van der Waals surface area contributed by atoms with Crippen molar-refractivity contribution in [2.75, 3.05) is 5.32 Å². The summed E-state index contributed by atoms with van der Waals surface area (Å²) in [4.78, 5) is 24.0. The zero-order chi connectivity index (χ0) is 21.0. The molecule has 1 aliphatic rings. The minimum Gasteiger partial charge on any atom is -0.446 e. The highest BCUT2D eigenvalue weighted by molar-refractivity contribution is 5.91. The highest BCUT2D eigenvalue weighted by atomic mass is 19.1. The molecule has 0 aromatic carbocycles. The van der Waals surface area contributed by atoms with Gasteiger partial charge in [-0.25, -0.2) is 9.18 Å². The predicted octanol–water partition coefficient (Wildman–Crippen LogP) is 2.43. The number of halogens is 1. The normalized spacial score (nSPS) is 20.8. The van der Waals surface area contributed by atoms with Crippen molar-refractivity contribution in [2.24, 2.45) is 7.05 Å². The van der Waals surface area contributed by atoms with Crippen LogP contribution in [0.25, 0.3) is 0 Å². The minimum absolute atomic E-state index is 0.154. The Labute approximate surface area is 168 Å². The molecule has 3 rings (SSSR count). The van der Waals surface area contributed by atoms with Crippen LogP contribution in [0.3, 0.4) is 0 Å². The van der Waals surface area contributed by atoms with Crippen molar-refractivity contribution in [2.45, 2.75) is 63.8 Å². The first-order valence-electron chi connectivity index (χ1n) is 9.74. The van der Waals surface area contributed by atoms with Gasteiger partial charge in [-0.05, 0) is 38.7 Å². The number of carbonyl (C=O) groups excluding carboxylic acids is 2. The Balaban J connectivity index is 1.47. The fraction of sp³-hybridized carbons (Fsp3) is 0.579. The summed E-state index contributed by atoms with van der Waals surface area (Å²) in [6, 6.07) is 1.21. The number of H-pyrrole nitrogens is 1. The van der Waals surface area contributed by atoms with Crippen molar-refractivity contribution in [3.8, 4) is 0 Å². The van der Waals surface area contributed by atoms with E-state index in [1.165, 1.54) is 6.92 Å². The standard InChI is InChI=1S/C19H27FN6O3/c1-11(20)12(2)22-19(28)29-15-5-4-14(7-15)16-8-17(25-24-16)23-18(27)6-13-9-21-26(3)10-13/h8-12,14-15H,4-7H2,1-3H3,(H,22,28)(H2,23,24,25,27)/t11-,12+,14+,15-/m1/s1. The van der Waals surface area contributed by atoms with E-state index in [0.717, 1.165) is 24.1 Å². The lowest BCUT2D eigenvalue weighted by atomic mass is 10.0. The lowest BCUT2D eigenvalue weighted by molar-refractivity contribution is -0.115. The van der Waals surface area contributed by atoms with Crippen LogP contribution in [0.5, 0.6) is 0 Å². The quantitative estimate of drug-likeness (QED) is 0.653. The van der Waals surface area contributed by atoms with Gasteiger partial charge in [0.25, 0.3) is 0 Å². The Bertz CT molecular complexity index is 849. The third-order valence-corrected chi connectivity index (χ3v) is 5.12. The van der Waals surface area contributed by atoms with E-state index in [2.05, 4.69) is 25.9 Å². The summed E-state index contributed by atoms with van der Waals surface area (Å²) in [5.74, 6) is 0.445. The monoisotopic (exact) mass is 406 g/mol. The van der Waals surface area contributed by atoms with Crippen molar-refractivity contribution in [3.05, 3.63) is 29.7 Å². The van der Waals surface area contributed by atoms with Gasteiger partial charge in [0.15, 0.2) is 5.82 Å². The van der Waals surface area contributed by atoms with Gasteiger partial charge in [0.1, 0.15) is 12.3 Å². The molecule has 0 unspecified atom stereocenters. The SMILES string of the molecule is C[C@H](NC(=O)O[C@@H]1CC[C@H](c2cc(NC(=O)Cc3cnn(C)c3)n[nH]2)C1)[C@@H](C)F. The lowest BCUT2D eigenvalue weighted by Crippen LogP contribution is -2.39. The van der Waals surface area contributed by atoms with E-state index in [-0.39, 0.29) is 24.3 Å². The maximum absolute atomic E-state index is 13.2. The minimum atomic E-state index is -1.14. The molecule has 29 heavy (non-hydrogen) atoms. The number of rotatable bonds is 7. The van der Waals surface area contributed by atoms with E-state index in [0.29, 0.717) is 12.2 Å². The number of hydrogen-bond acceptors (Lipinski definition) is 5. The zero-order valence-electron chi connectivity index (χ0n) is 16.8. The molecule has 2 heterocycles. The molecular formula is C19H27FN6O3. The number of alkyl carbamates (subject to hydrolysis) is 1. The summed E-state index contributed by atoms with van der Waals surface area (Å²) in [6.07, 6.45) is 3.90. The number of anilines is 1. The Morgan fingerprint density at radius 3 is 2.90 bits per heavy atom. The fourth-order valence-electron chi connectivity index (χ4n) is 3.36. The number of ether oxygens (including phenoxy) is 1. The van der Waals surface area contributed by atoms with Gasteiger partial charge in [-0.3, -0.25) is 14.6 Å². The molecule has 10 heteroatoms.